The predicted molar refractivity (Wildman–Crippen MR) is 70.9 cm³/mol. The van der Waals surface area contributed by atoms with Crippen molar-refractivity contribution in [2.75, 3.05) is 46.4 Å². The Labute approximate surface area is 106 Å². The van der Waals surface area contributed by atoms with Crippen LogP contribution < -0.4 is 5.32 Å². The molecular formula is C13H27N3O. The number of methoxy groups -OCH3 is 1. The normalized spacial score (nSPS) is 12.6. The van der Waals surface area contributed by atoms with Crippen molar-refractivity contribution in [2.24, 2.45) is 5.92 Å². The van der Waals surface area contributed by atoms with Crippen molar-refractivity contribution in [3.05, 3.63) is 0 Å². The lowest BCUT2D eigenvalue weighted by Crippen LogP contribution is -2.36. The van der Waals surface area contributed by atoms with Crippen molar-refractivity contribution < 1.29 is 4.74 Å². The van der Waals surface area contributed by atoms with Gasteiger partial charge in [-0.05, 0) is 25.4 Å². The van der Waals surface area contributed by atoms with Crippen LogP contribution >= 0.6 is 0 Å². The molecule has 0 radical (unpaired) electrons. The van der Waals surface area contributed by atoms with Gasteiger partial charge in [-0.3, -0.25) is 4.90 Å². The average Bonchev–Trinajstić information content (AvgIpc) is 2.33. The van der Waals surface area contributed by atoms with Gasteiger partial charge >= 0.3 is 0 Å². The van der Waals surface area contributed by atoms with Gasteiger partial charge in [0.2, 0.25) is 0 Å². The summed E-state index contributed by atoms with van der Waals surface area (Å²) in [4.78, 5) is 2.31. The SMILES string of the molecule is CCCNCC(C)CN(CCC#N)CCOC. The Morgan fingerprint density at radius 2 is 2.18 bits per heavy atom. The topological polar surface area (TPSA) is 48.3 Å². The third-order valence-electron chi connectivity index (χ3n) is 2.64. The van der Waals surface area contributed by atoms with E-state index in [-0.39, 0.29) is 0 Å². The molecule has 0 saturated carbocycles. The second kappa shape index (κ2) is 11.8. The van der Waals surface area contributed by atoms with Crippen molar-refractivity contribution in [3.8, 4) is 6.07 Å². The summed E-state index contributed by atoms with van der Waals surface area (Å²) in [5.74, 6) is 0.608. The number of hydrogen-bond acceptors (Lipinski definition) is 4. The van der Waals surface area contributed by atoms with Crippen LogP contribution in [-0.2, 0) is 4.74 Å². The number of ether oxygens (including phenoxy) is 1. The Morgan fingerprint density at radius 3 is 2.76 bits per heavy atom. The molecule has 17 heavy (non-hydrogen) atoms. The van der Waals surface area contributed by atoms with E-state index < -0.39 is 0 Å². The number of nitrogens with zero attached hydrogens (tertiary/aromatic N) is 2. The van der Waals surface area contributed by atoms with Crippen molar-refractivity contribution in [2.45, 2.75) is 26.7 Å². The molecule has 1 unspecified atom stereocenters. The van der Waals surface area contributed by atoms with Gasteiger partial charge < -0.3 is 10.1 Å². The van der Waals surface area contributed by atoms with Gasteiger partial charge in [-0.25, -0.2) is 0 Å². The third-order valence-corrected chi connectivity index (χ3v) is 2.64. The van der Waals surface area contributed by atoms with E-state index in [1.165, 1.54) is 6.42 Å². The van der Waals surface area contributed by atoms with Gasteiger partial charge in [0.25, 0.3) is 0 Å². The molecule has 0 bridgehead atoms. The largest absolute Gasteiger partial charge is 0.383 e. The van der Waals surface area contributed by atoms with E-state index in [9.17, 15) is 0 Å². The first-order chi connectivity index (χ1) is 8.24. The fraction of sp³-hybridized carbons (Fsp3) is 0.923. The Bertz CT molecular complexity index is 203. The van der Waals surface area contributed by atoms with Crippen molar-refractivity contribution in [1.29, 1.82) is 5.26 Å². The quantitative estimate of drug-likeness (QED) is 0.557. The Kier molecular flexibility index (Phi) is 11.4. The molecule has 0 aromatic rings. The summed E-state index contributed by atoms with van der Waals surface area (Å²) in [7, 11) is 1.72. The zero-order valence-electron chi connectivity index (χ0n) is 11.5. The average molecular weight is 241 g/mol. The minimum absolute atomic E-state index is 0.596. The van der Waals surface area contributed by atoms with Gasteiger partial charge in [0.1, 0.15) is 0 Å². The first kappa shape index (κ1) is 16.4. The van der Waals surface area contributed by atoms with Gasteiger partial charge in [-0.1, -0.05) is 13.8 Å². The standard InChI is InChI=1S/C13H27N3O/c1-4-7-15-11-13(2)12-16(8-5-6-14)9-10-17-3/h13,15H,4-5,7-12H2,1-3H3. The summed E-state index contributed by atoms with van der Waals surface area (Å²) in [6.45, 7) is 10.1. The zero-order chi connectivity index (χ0) is 12.9. The lowest BCUT2D eigenvalue weighted by atomic mass is 10.1. The minimum Gasteiger partial charge on any atom is -0.383 e. The highest BCUT2D eigenvalue weighted by molar-refractivity contribution is 4.73. The van der Waals surface area contributed by atoms with E-state index >= 15 is 0 Å². The predicted octanol–water partition coefficient (Wildman–Crippen LogP) is 1.48. The Balaban J connectivity index is 3.81. The molecule has 0 spiro atoms. The fourth-order valence-corrected chi connectivity index (χ4v) is 1.75. The van der Waals surface area contributed by atoms with E-state index in [1.54, 1.807) is 7.11 Å². The second-order valence-corrected chi connectivity index (χ2v) is 4.51. The van der Waals surface area contributed by atoms with Gasteiger partial charge in [-0.2, -0.15) is 5.26 Å². The highest BCUT2D eigenvalue weighted by Gasteiger charge is 2.09. The number of hydrogen-bond donors (Lipinski definition) is 1. The molecule has 4 nitrogen and oxygen atoms in total. The summed E-state index contributed by atoms with van der Waals surface area (Å²) < 4.78 is 5.09. The monoisotopic (exact) mass is 241 g/mol. The molecule has 1 atom stereocenters. The molecule has 1 N–H and O–H groups in total. The van der Waals surface area contributed by atoms with Gasteiger partial charge in [-0.15, -0.1) is 0 Å². The third kappa shape index (κ3) is 10.3. The molecule has 0 aliphatic rings. The van der Waals surface area contributed by atoms with Crippen molar-refractivity contribution in [3.63, 3.8) is 0 Å². The summed E-state index contributed by atoms with van der Waals surface area (Å²) in [5.41, 5.74) is 0. The van der Waals surface area contributed by atoms with Crippen LogP contribution in [0.5, 0.6) is 0 Å². The van der Waals surface area contributed by atoms with E-state index in [4.69, 9.17) is 10.00 Å². The smallest absolute Gasteiger partial charge is 0.0635 e. The maximum Gasteiger partial charge on any atom is 0.0635 e. The van der Waals surface area contributed by atoms with E-state index in [0.29, 0.717) is 12.3 Å². The van der Waals surface area contributed by atoms with Crippen LogP contribution in [-0.4, -0.2) is 51.3 Å². The number of rotatable bonds is 11. The molecule has 0 rings (SSSR count). The highest BCUT2D eigenvalue weighted by atomic mass is 16.5. The Hall–Kier alpha value is -0.630. The molecule has 0 aromatic carbocycles. The Morgan fingerprint density at radius 1 is 1.41 bits per heavy atom. The minimum atomic E-state index is 0.596. The molecule has 0 saturated heterocycles. The molecule has 100 valence electrons. The highest BCUT2D eigenvalue weighted by Crippen LogP contribution is 2.00. The van der Waals surface area contributed by atoms with Crippen LogP contribution in [0.25, 0.3) is 0 Å². The molecule has 0 aromatic heterocycles. The molecule has 0 amide bonds. The summed E-state index contributed by atoms with van der Waals surface area (Å²) >= 11 is 0. The maximum atomic E-state index is 8.63. The van der Waals surface area contributed by atoms with Crippen LogP contribution in [0.1, 0.15) is 26.7 Å². The van der Waals surface area contributed by atoms with Gasteiger partial charge in [0.05, 0.1) is 12.7 Å². The maximum absolute atomic E-state index is 8.63. The van der Waals surface area contributed by atoms with Crippen molar-refractivity contribution in [1.82, 2.24) is 10.2 Å². The summed E-state index contributed by atoms with van der Waals surface area (Å²) in [6.07, 6.45) is 1.77. The summed E-state index contributed by atoms with van der Waals surface area (Å²) in [5, 5.41) is 12.1. The number of nitriles is 1. The van der Waals surface area contributed by atoms with Gasteiger partial charge in [0, 0.05) is 33.2 Å². The van der Waals surface area contributed by atoms with Crippen LogP contribution in [0.15, 0.2) is 0 Å². The molecule has 4 heteroatoms. The van der Waals surface area contributed by atoms with E-state index in [0.717, 1.165) is 39.3 Å². The second-order valence-electron chi connectivity index (χ2n) is 4.51. The van der Waals surface area contributed by atoms with Crippen LogP contribution in [0, 0.1) is 17.2 Å². The lowest BCUT2D eigenvalue weighted by molar-refractivity contribution is 0.139. The molecule has 0 aliphatic carbocycles. The zero-order valence-corrected chi connectivity index (χ0v) is 11.5. The fourth-order valence-electron chi connectivity index (χ4n) is 1.75. The summed E-state index contributed by atoms with van der Waals surface area (Å²) in [6, 6.07) is 2.20. The van der Waals surface area contributed by atoms with E-state index in [2.05, 4.69) is 30.1 Å². The molecule has 0 fully saturated rings. The lowest BCUT2D eigenvalue weighted by Gasteiger charge is -2.24. The number of nitrogens with one attached hydrogen (secondary N) is 1. The van der Waals surface area contributed by atoms with Crippen LogP contribution in [0.4, 0.5) is 0 Å². The van der Waals surface area contributed by atoms with E-state index in [1.807, 2.05) is 0 Å². The molecule has 0 aliphatic heterocycles. The first-order valence-corrected chi connectivity index (χ1v) is 6.53. The van der Waals surface area contributed by atoms with Crippen molar-refractivity contribution >= 4 is 0 Å². The first-order valence-electron chi connectivity index (χ1n) is 6.53. The molecular weight excluding hydrogens is 214 g/mol. The van der Waals surface area contributed by atoms with Crippen LogP contribution in [0.2, 0.25) is 0 Å². The molecule has 0 heterocycles. The van der Waals surface area contributed by atoms with Crippen LogP contribution in [0.3, 0.4) is 0 Å². The van der Waals surface area contributed by atoms with Gasteiger partial charge in [0.15, 0.2) is 0 Å².